The second kappa shape index (κ2) is 7.38. The molecule has 0 atom stereocenters. The predicted octanol–water partition coefficient (Wildman–Crippen LogP) is 5.83. The van der Waals surface area contributed by atoms with E-state index < -0.39 is 0 Å². The number of nitrogens with one attached hydrogen (secondary N) is 1. The van der Waals surface area contributed by atoms with Gasteiger partial charge in [-0.3, -0.25) is 4.79 Å². The van der Waals surface area contributed by atoms with Gasteiger partial charge in [0.05, 0.1) is 6.54 Å². The minimum atomic E-state index is -0.116. The van der Waals surface area contributed by atoms with Crippen molar-refractivity contribution in [1.29, 1.82) is 0 Å². The molecule has 1 heterocycles. The molecule has 4 heteroatoms. The van der Waals surface area contributed by atoms with Crippen molar-refractivity contribution < 1.29 is 9.21 Å². The summed E-state index contributed by atoms with van der Waals surface area (Å²) in [7, 11) is 0. The Morgan fingerprint density at radius 3 is 2.23 bits per heavy atom. The second-order valence-corrected chi connectivity index (χ2v) is 7.72. The lowest BCUT2D eigenvalue weighted by molar-refractivity contribution is 0.0948. The summed E-state index contributed by atoms with van der Waals surface area (Å²) in [4.78, 5) is 12.3. The van der Waals surface area contributed by atoms with Gasteiger partial charge < -0.3 is 9.73 Å². The zero-order chi connectivity index (χ0) is 18.7. The molecule has 0 unspecified atom stereocenters. The van der Waals surface area contributed by atoms with E-state index in [0.29, 0.717) is 22.9 Å². The summed E-state index contributed by atoms with van der Waals surface area (Å²) < 4.78 is 5.80. The van der Waals surface area contributed by atoms with Crippen molar-refractivity contribution in [2.75, 3.05) is 0 Å². The summed E-state index contributed by atoms with van der Waals surface area (Å²) in [6.45, 7) is 6.79. The van der Waals surface area contributed by atoms with Gasteiger partial charge in [0.25, 0.3) is 5.91 Å². The van der Waals surface area contributed by atoms with Crippen molar-refractivity contribution in [3.63, 3.8) is 0 Å². The summed E-state index contributed by atoms with van der Waals surface area (Å²) in [6.07, 6.45) is 0. The lowest BCUT2D eigenvalue weighted by Gasteiger charge is -2.19. The van der Waals surface area contributed by atoms with E-state index in [1.807, 2.05) is 60.7 Å². The first-order valence-electron chi connectivity index (χ1n) is 8.56. The Kier molecular flexibility index (Phi) is 5.19. The van der Waals surface area contributed by atoms with E-state index in [1.54, 1.807) is 0 Å². The van der Waals surface area contributed by atoms with E-state index >= 15 is 0 Å². The molecule has 3 nitrogen and oxygen atoms in total. The van der Waals surface area contributed by atoms with Gasteiger partial charge in [-0.15, -0.1) is 0 Å². The summed E-state index contributed by atoms with van der Waals surface area (Å²) in [6, 6.07) is 18.9. The number of amides is 1. The highest BCUT2D eigenvalue weighted by Crippen LogP contribution is 2.24. The number of hydrogen-bond donors (Lipinski definition) is 1. The molecule has 0 spiro atoms. The molecule has 0 aliphatic heterocycles. The van der Waals surface area contributed by atoms with E-state index in [9.17, 15) is 4.79 Å². The average molecular weight is 368 g/mol. The van der Waals surface area contributed by atoms with Crippen LogP contribution in [0.1, 0.15) is 42.5 Å². The third-order valence-electron chi connectivity index (χ3n) is 4.23. The molecular weight excluding hydrogens is 346 g/mol. The zero-order valence-electron chi connectivity index (χ0n) is 15.2. The van der Waals surface area contributed by atoms with Crippen LogP contribution in [-0.2, 0) is 12.0 Å². The number of benzene rings is 2. The molecule has 26 heavy (non-hydrogen) atoms. The number of furan rings is 1. The van der Waals surface area contributed by atoms with Gasteiger partial charge in [0, 0.05) is 16.1 Å². The zero-order valence-corrected chi connectivity index (χ0v) is 15.9. The fourth-order valence-corrected chi connectivity index (χ4v) is 2.76. The largest absolute Gasteiger partial charge is 0.459 e. The summed E-state index contributed by atoms with van der Waals surface area (Å²) in [5, 5.41) is 3.58. The lowest BCUT2D eigenvalue weighted by Crippen LogP contribution is -2.22. The van der Waals surface area contributed by atoms with Gasteiger partial charge in [-0.2, -0.15) is 0 Å². The van der Waals surface area contributed by atoms with E-state index in [2.05, 4.69) is 26.1 Å². The molecule has 0 radical (unpaired) electrons. The van der Waals surface area contributed by atoms with Crippen LogP contribution in [0.3, 0.4) is 0 Å². The van der Waals surface area contributed by atoms with Gasteiger partial charge in [0.1, 0.15) is 11.5 Å². The van der Waals surface area contributed by atoms with Crippen LogP contribution in [0.2, 0.25) is 5.02 Å². The van der Waals surface area contributed by atoms with Crippen LogP contribution in [0.25, 0.3) is 11.3 Å². The Hall–Kier alpha value is -2.52. The first kappa shape index (κ1) is 18.3. The van der Waals surface area contributed by atoms with Gasteiger partial charge in [0.2, 0.25) is 0 Å². The quantitative estimate of drug-likeness (QED) is 0.630. The third kappa shape index (κ3) is 4.36. The minimum Gasteiger partial charge on any atom is -0.459 e. The van der Waals surface area contributed by atoms with Gasteiger partial charge in [-0.05, 0) is 59.5 Å². The molecular formula is C22H22ClNO2. The molecule has 0 fully saturated rings. The molecule has 1 N–H and O–H groups in total. The molecule has 1 amide bonds. The first-order valence-corrected chi connectivity index (χ1v) is 8.94. The van der Waals surface area contributed by atoms with Crippen LogP contribution < -0.4 is 5.32 Å². The van der Waals surface area contributed by atoms with Crippen molar-refractivity contribution in [2.45, 2.75) is 32.7 Å². The Morgan fingerprint density at radius 2 is 1.62 bits per heavy atom. The van der Waals surface area contributed by atoms with Crippen LogP contribution >= 0.6 is 11.6 Å². The predicted molar refractivity (Wildman–Crippen MR) is 105 cm³/mol. The SMILES string of the molecule is CC(C)(C)c1ccc(C(=O)NCc2ccc(-c3ccc(Cl)cc3)o2)cc1. The molecule has 134 valence electrons. The fourth-order valence-electron chi connectivity index (χ4n) is 2.63. The van der Waals surface area contributed by atoms with Gasteiger partial charge in [-0.1, -0.05) is 44.5 Å². The number of rotatable bonds is 4. The molecule has 2 aromatic carbocycles. The Labute approximate surface area is 159 Å². The maximum absolute atomic E-state index is 12.3. The fraction of sp³-hybridized carbons (Fsp3) is 0.227. The number of carbonyl (C=O) groups is 1. The number of hydrogen-bond acceptors (Lipinski definition) is 2. The van der Waals surface area contributed by atoms with Crippen LogP contribution in [-0.4, -0.2) is 5.91 Å². The van der Waals surface area contributed by atoms with Crippen LogP contribution in [0.4, 0.5) is 0 Å². The van der Waals surface area contributed by atoms with Gasteiger partial charge in [0.15, 0.2) is 0 Å². The molecule has 3 aromatic rings. The Bertz CT molecular complexity index is 887. The first-order chi connectivity index (χ1) is 12.3. The topological polar surface area (TPSA) is 42.2 Å². The molecule has 0 bridgehead atoms. The van der Waals surface area contributed by atoms with E-state index in [0.717, 1.165) is 11.3 Å². The van der Waals surface area contributed by atoms with Gasteiger partial charge >= 0.3 is 0 Å². The molecule has 3 rings (SSSR count). The highest BCUT2D eigenvalue weighted by molar-refractivity contribution is 6.30. The highest BCUT2D eigenvalue weighted by atomic mass is 35.5. The smallest absolute Gasteiger partial charge is 0.251 e. The minimum absolute atomic E-state index is 0.0707. The molecule has 0 saturated heterocycles. The van der Waals surface area contributed by atoms with Crippen molar-refractivity contribution in [2.24, 2.45) is 0 Å². The van der Waals surface area contributed by atoms with Crippen molar-refractivity contribution in [1.82, 2.24) is 5.32 Å². The monoisotopic (exact) mass is 367 g/mol. The maximum Gasteiger partial charge on any atom is 0.251 e. The number of carbonyl (C=O) groups excluding carboxylic acids is 1. The maximum atomic E-state index is 12.3. The standard InChI is InChI=1S/C22H22ClNO2/c1-22(2,3)17-8-4-16(5-9-17)21(25)24-14-19-12-13-20(26-19)15-6-10-18(23)11-7-15/h4-13H,14H2,1-3H3,(H,24,25). The van der Waals surface area contributed by atoms with E-state index in [-0.39, 0.29) is 11.3 Å². The molecule has 0 aliphatic carbocycles. The Morgan fingerprint density at radius 1 is 0.962 bits per heavy atom. The molecule has 0 saturated carbocycles. The van der Waals surface area contributed by atoms with Gasteiger partial charge in [-0.25, -0.2) is 0 Å². The van der Waals surface area contributed by atoms with Crippen LogP contribution in [0, 0.1) is 0 Å². The molecule has 1 aromatic heterocycles. The van der Waals surface area contributed by atoms with E-state index in [4.69, 9.17) is 16.0 Å². The molecule has 0 aliphatic rings. The summed E-state index contributed by atoms with van der Waals surface area (Å²) in [5.74, 6) is 1.34. The highest BCUT2D eigenvalue weighted by Gasteiger charge is 2.14. The second-order valence-electron chi connectivity index (χ2n) is 7.28. The lowest BCUT2D eigenvalue weighted by atomic mass is 9.87. The van der Waals surface area contributed by atoms with Crippen molar-refractivity contribution in [3.05, 3.63) is 82.6 Å². The Balaban J connectivity index is 1.62. The van der Waals surface area contributed by atoms with E-state index in [1.165, 1.54) is 5.56 Å². The number of halogens is 1. The average Bonchev–Trinajstić information content (AvgIpc) is 3.08. The third-order valence-corrected chi connectivity index (χ3v) is 4.48. The summed E-state index contributed by atoms with van der Waals surface area (Å²) >= 11 is 5.90. The van der Waals surface area contributed by atoms with Crippen molar-refractivity contribution in [3.8, 4) is 11.3 Å². The van der Waals surface area contributed by atoms with Crippen molar-refractivity contribution >= 4 is 17.5 Å². The van der Waals surface area contributed by atoms with Crippen LogP contribution in [0.5, 0.6) is 0 Å². The van der Waals surface area contributed by atoms with Crippen LogP contribution in [0.15, 0.2) is 65.1 Å². The normalized spacial score (nSPS) is 11.4. The summed E-state index contributed by atoms with van der Waals surface area (Å²) in [5.41, 5.74) is 2.86.